The van der Waals surface area contributed by atoms with E-state index < -0.39 is 17.5 Å². The number of halogens is 2. The highest BCUT2D eigenvalue weighted by molar-refractivity contribution is 5.94. The molecule has 2 aromatic rings. The molecule has 0 radical (unpaired) electrons. The van der Waals surface area contributed by atoms with Crippen LogP contribution < -0.4 is 10.2 Å². The molecule has 0 fully saturated rings. The van der Waals surface area contributed by atoms with Crippen molar-refractivity contribution in [2.45, 2.75) is 6.54 Å². The summed E-state index contributed by atoms with van der Waals surface area (Å²) >= 11 is 0. The molecule has 0 aliphatic heterocycles. The van der Waals surface area contributed by atoms with Gasteiger partial charge in [0.25, 0.3) is 5.91 Å². The number of nitrogens with one attached hydrogen (secondary N) is 1. The Bertz CT molecular complexity index is 659. The number of pyridine rings is 1. The Balaban J connectivity index is 2.05. The van der Waals surface area contributed by atoms with Gasteiger partial charge in [0.1, 0.15) is 17.5 Å². The van der Waals surface area contributed by atoms with Crippen LogP contribution in [0.15, 0.2) is 36.5 Å². The van der Waals surface area contributed by atoms with Gasteiger partial charge in [0, 0.05) is 32.9 Å². The van der Waals surface area contributed by atoms with Gasteiger partial charge in [-0.25, -0.2) is 13.8 Å². The van der Waals surface area contributed by atoms with Crippen LogP contribution in [0.4, 0.5) is 14.6 Å². The van der Waals surface area contributed by atoms with E-state index in [0.29, 0.717) is 6.07 Å². The molecule has 0 spiro atoms. The second-order valence-corrected chi connectivity index (χ2v) is 4.72. The summed E-state index contributed by atoms with van der Waals surface area (Å²) in [5.41, 5.74) is 0.655. The first-order valence-electron chi connectivity index (χ1n) is 6.33. The van der Waals surface area contributed by atoms with E-state index in [0.717, 1.165) is 23.5 Å². The fraction of sp³-hybridized carbons (Fsp3) is 0.200. The Hall–Kier alpha value is -2.50. The molecular weight excluding hydrogens is 276 g/mol. The lowest BCUT2D eigenvalue weighted by Crippen LogP contribution is -2.24. The summed E-state index contributed by atoms with van der Waals surface area (Å²) in [6, 6.07) is 6.44. The number of carbonyl (C=O) groups is 1. The van der Waals surface area contributed by atoms with Crippen LogP contribution in [-0.4, -0.2) is 25.0 Å². The summed E-state index contributed by atoms with van der Waals surface area (Å²) in [7, 11) is 3.72. The van der Waals surface area contributed by atoms with Gasteiger partial charge in [0.2, 0.25) is 0 Å². The van der Waals surface area contributed by atoms with Crippen molar-refractivity contribution < 1.29 is 13.6 Å². The van der Waals surface area contributed by atoms with Gasteiger partial charge in [-0.2, -0.15) is 0 Å². The SMILES string of the molecule is CN(C)c1cc(CNC(=O)c2ccc(F)cc2F)ccn1. The highest BCUT2D eigenvalue weighted by Gasteiger charge is 2.12. The van der Waals surface area contributed by atoms with Crippen molar-refractivity contribution in [3.05, 3.63) is 59.3 Å². The Morgan fingerprint density at radius 2 is 2.00 bits per heavy atom. The van der Waals surface area contributed by atoms with Crippen molar-refractivity contribution >= 4 is 11.7 Å². The quantitative estimate of drug-likeness (QED) is 0.940. The fourth-order valence-electron chi connectivity index (χ4n) is 1.77. The maximum atomic E-state index is 13.5. The van der Waals surface area contributed by atoms with Gasteiger partial charge in [-0.1, -0.05) is 0 Å². The van der Waals surface area contributed by atoms with E-state index in [9.17, 15) is 13.6 Å². The highest BCUT2D eigenvalue weighted by atomic mass is 19.1. The molecule has 0 saturated carbocycles. The number of rotatable bonds is 4. The molecule has 4 nitrogen and oxygen atoms in total. The fourth-order valence-corrected chi connectivity index (χ4v) is 1.77. The topological polar surface area (TPSA) is 45.2 Å². The molecule has 1 heterocycles. The molecule has 0 saturated heterocycles. The van der Waals surface area contributed by atoms with Crippen molar-refractivity contribution in [2.75, 3.05) is 19.0 Å². The highest BCUT2D eigenvalue weighted by Crippen LogP contribution is 2.11. The van der Waals surface area contributed by atoms with Crippen LogP contribution in [0.1, 0.15) is 15.9 Å². The Morgan fingerprint density at radius 1 is 1.24 bits per heavy atom. The second kappa shape index (κ2) is 6.30. The molecule has 0 bridgehead atoms. The first-order chi connectivity index (χ1) is 9.97. The van der Waals surface area contributed by atoms with E-state index in [-0.39, 0.29) is 12.1 Å². The lowest BCUT2D eigenvalue weighted by molar-refractivity contribution is 0.0947. The van der Waals surface area contributed by atoms with Crippen LogP contribution in [0, 0.1) is 11.6 Å². The summed E-state index contributed by atoms with van der Waals surface area (Å²) in [5.74, 6) is -1.42. The van der Waals surface area contributed by atoms with E-state index in [1.54, 1.807) is 12.3 Å². The van der Waals surface area contributed by atoms with Crippen LogP contribution in [0.3, 0.4) is 0 Å². The van der Waals surface area contributed by atoms with Crippen molar-refractivity contribution in [3.63, 3.8) is 0 Å². The second-order valence-electron chi connectivity index (χ2n) is 4.72. The van der Waals surface area contributed by atoms with Gasteiger partial charge in [0.15, 0.2) is 0 Å². The summed E-state index contributed by atoms with van der Waals surface area (Å²) < 4.78 is 26.3. The molecule has 0 aliphatic rings. The number of amides is 1. The number of anilines is 1. The minimum atomic E-state index is -0.879. The first-order valence-corrected chi connectivity index (χ1v) is 6.33. The molecule has 0 aliphatic carbocycles. The molecule has 0 atom stereocenters. The van der Waals surface area contributed by atoms with Crippen LogP contribution >= 0.6 is 0 Å². The first kappa shape index (κ1) is 14.9. The number of aromatic nitrogens is 1. The predicted molar refractivity (Wildman–Crippen MR) is 76.1 cm³/mol. The zero-order valence-corrected chi connectivity index (χ0v) is 11.7. The summed E-state index contributed by atoms with van der Waals surface area (Å²) in [6.45, 7) is 0.235. The van der Waals surface area contributed by atoms with Crippen LogP contribution in [-0.2, 0) is 6.54 Å². The van der Waals surface area contributed by atoms with Gasteiger partial charge in [-0.3, -0.25) is 4.79 Å². The van der Waals surface area contributed by atoms with E-state index in [1.807, 2.05) is 25.1 Å². The van der Waals surface area contributed by atoms with Gasteiger partial charge >= 0.3 is 0 Å². The molecule has 1 N–H and O–H groups in total. The number of nitrogens with zero attached hydrogens (tertiary/aromatic N) is 2. The van der Waals surface area contributed by atoms with Crippen LogP contribution in [0.5, 0.6) is 0 Å². The maximum absolute atomic E-state index is 13.5. The van der Waals surface area contributed by atoms with Crippen molar-refractivity contribution in [2.24, 2.45) is 0 Å². The van der Waals surface area contributed by atoms with Crippen molar-refractivity contribution in [1.29, 1.82) is 0 Å². The van der Waals surface area contributed by atoms with E-state index in [1.165, 1.54) is 0 Å². The lowest BCUT2D eigenvalue weighted by Gasteiger charge is -2.12. The van der Waals surface area contributed by atoms with Gasteiger partial charge < -0.3 is 10.2 Å². The standard InChI is InChI=1S/C15H15F2N3O/c1-20(2)14-7-10(5-6-18-14)9-19-15(21)12-4-3-11(16)8-13(12)17/h3-8H,9H2,1-2H3,(H,19,21). The van der Waals surface area contributed by atoms with E-state index in [4.69, 9.17) is 0 Å². The Labute approximate surface area is 121 Å². The Kier molecular flexibility index (Phi) is 4.47. The molecule has 1 aromatic carbocycles. The largest absolute Gasteiger partial charge is 0.363 e. The summed E-state index contributed by atoms with van der Waals surface area (Å²) in [6.07, 6.45) is 1.63. The molecule has 21 heavy (non-hydrogen) atoms. The summed E-state index contributed by atoms with van der Waals surface area (Å²) in [4.78, 5) is 17.9. The zero-order valence-electron chi connectivity index (χ0n) is 11.7. The van der Waals surface area contributed by atoms with Gasteiger partial charge in [-0.15, -0.1) is 0 Å². The van der Waals surface area contributed by atoms with Gasteiger partial charge in [0.05, 0.1) is 5.56 Å². The molecule has 2 rings (SSSR count). The number of carbonyl (C=O) groups excluding carboxylic acids is 1. The minimum absolute atomic E-state index is 0.182. The van der Waals surface area contributed by atoms with Crippen molar-refractivity contribution in [1.82, 2.24) is 10.3 Å². The number of hydrogen-bond donors (Lipinski definition) is 1. The number of hydrogen-bond acceptors (Lipinski definition) is 3. The normalized spacial score (nSPS) is 10.3. The molecule has 1 amide bonds. The molecule has 0 unspecified atom stereocenters. The third-order valence-corrected chi connectivity index (χ3v) is 2.90. The maximum Gasteiger partial charge on any atom is 0.254 e. The van der Waals surface area contributed by atoms with Crippen LogP contribution in [0.2, 0.25) is 0 Å². The summed E-state index contributed by atoms with van der Waals surface area (Å²) in [5, 5.41) is 2.59. The lowest BCUT2D eigenvalue weighted by atomic mass is 10.2. The van der Waals surface area contributed by atoms with Gasteiger partial charge in [-0.05, 0) is 29.8 Å². The molecular formula is C15H15F2N3O. The molecule has 110 valence electrons. The Morgan fingerprint density at radius 3 is 2.67 bits per heavy atom. The van der Waals surface area contributed by atoms with Crippen LogP contribution in [0.25, 0.3) is 0 Å². The third-order valence-electron chi connectivity index (χ3n) is 2.90. The predicted octanol–water partition coefficient (Wildman–Crippen LogP) is 2.36. The third kappa shape index (κ3) is 3.75. The average Bonchev–Trinajstić information content (AvgIpc) is 2.45. The van der Waals surface area contributed by atoms with Crippen molar-refractivity contribution in [3.8, 4) is 0 Å². The zero-order chi connectivity index (χ0) is 15.4. The number of benzene rings is 1. The molecule has 6 heteroatoms. The smallest absolute Gasteiger partial charge is 0.254 e. The minimum Gasteiger partial charge on any atom is -0.363 e. The molecule has 1 aromatic heterocycles. The van der Waals surface area contributed by atoms with E-state index >= 15 is 0 Å². The van der Waals surface area contributed by atoms with E-state index in [2.05, 4.69) is 10.3 Å². The average molecular weight is 291 g/mol. The monoisotopic (exact) mass is 291 g/mol.